The molecule has 4 fully saturated rings. The van der Waals surface area contributed by atoms with E-state index in [1.807, 2.05) is 26.0 Å². The van der Waals surface area contributed by atoms with Crippen LogP contribution in [0.2, 0.25) is 0 Å². The molecule has 0 aliphatic carbocycles. The molecular weight excluding hydrogens is 584 g/mol. The molecule has 4 saturated heterocycles. The molecule has 0 bridgehead atoms. The fraction of sp³-hybridized carbons (Fsp3) is 0.933. The minimum Gasteiger partial charge on any atom is -0.394 e. The molecule has 0 spiro atoms. The van der Waals surface area contributed by atoms with Gasteiger partial charge in [0.05, 0.1) is 100 Å². The average molecular weight is 643 g/mol. The Morgan fingerprint density at radius 3 is 1.23 bits per heavy atom. The second-order valence-corrected chi connectivity index (χ2v) is 11.7. The molecule has 0 radical (unpaired) electrons. The van der Waals surface area contributed by atoms with Crippen molar-refractivity contribution in [2.45, 2.75) is 146 Å². The first-order valence-corrected chi connectivity index (χ1v) is 15.5. The lowest BCUT2D eigenvalue weighted by Gasteiger charge is -2.10. The lowest BCUT2D eigenvalue weighted by atomic mass is 10.1. The van der Waals surface area contributed by atoms with Gasteiger partial charge in [0.25, 0.3) is 0 Å². The van der Waals surface area contributed by atoms with Crippen LogP contribution in [0.3, 0.4) is 0 Å². The quantitative estimate of drug-likeness (QED) is 0.154. The number of ether oxygens (including phenoxy) is 5. The Labute approximate surface area is 260 Å². The van der Waals surface area contributed by atoms with Crippen LogP contribution in [-0.2, 0) is 23.7 Å². The summed E-state index contributed by atoms with van der Waals surface area (Å²) in [5.41, 5.74) is 0. The third-order valence-electron chi connectivity index (χ3n) is 7.78. The largest absolute Gasteiger partial charge is 0.394 e. The summed E-state index contributed by atoms with van der Waals surface area (Å²) >= 11 is 0. The van der Waals surface area contributed by atoms with Gasteiger partial charge in [-0.2, -0.15) is 0 Å². The summed E-state index contributed by atoms with van der Waals surface area (Å²) in [6, 6.07) is 0. The van der Waals surface area contributed by atoms with Gasteiger partial charge in [-0.25, -0.2) is 0 Å². The Kier molecular flexibility index (Phi) is 20.5. The lowest BCUT2D eigenvalue weighted by molar-refractivity contribution is -0.0171. The first kappa shape index (κ1) is 41.2. The third-order valence-corrected chi connectivity index (χ3v) is 7.78. The van der Waals surface area contributed by atoms with Crippen molar-refractivity contribution in [2.75, 3.05) is 33.0 Å². The predicted molar refractivity (Wildman–Crippen MR) is 159 cm³/mol. The highest BCUT2D eigenvalue weighted by molar-refractivity contribution is 5.00. The van der Waals surface area contributed by atoms with Crippen molar-refractivity contribution in [3.8, 4) is 0 Å². The highest BCUT2D eigenvalue weighted by Gasteiger charge is 2.39. The summed E-state index contributed by atoms with van der Waals surface area (Å²) in [6.07, 6.45) is 3.63. The van der Waals surface area contributed by atoms with E-state index in [2.05, 4.69) is 0 Å². The Bertz CT molecular complexity index is 715. The highest BCUT2D eigenvalue weighted by Crippen LogP contribution is 2.21. The van der Waals surface area contributed by atoms with E-state index in [1.54, 1.807) is 20.8 Å². The average Bonchev–Trinajstić information content (AvgIpc) is 3.83. The summed E-state index contributed by atoms with van der Waals surface area (Å²) in [7, 11) is 0. The maximum absolute atomic E-state index is 9.09. The molecule has 5 rings (SSSR count). The van der Waals surface area contributed by atoms with E-state index >= 15 is 0 Å². The molecule has 262 valence electrons. The van der Waals surface area contributed by atoms with Gasteiger partial charge in [0.2, 0.25) is 0 Å². The van der Waals surface area contributed by atoms with E-state index in [1.165, 1.54) is 0 Å². The van der Waals surface area contributed by atoms with Crippen molar-refractivity contribution in [2.24, 2.45) is 0 Å². The number of hydrogen-bond donors (Lipinski definition) is 9. The summed E-state index contributed by atoms with van der Waals surface area (Å²) < 4.78 is 25.6. The van der Waals surface area contributed by atoms with Gasteiger partial charge >= 0.3 is 0 Å². The van der Waals surface area contributed by atoms with Crippen LogP contribution in [0.4, 0.5) is 0 Å². The van der Waals surface area contributed by atoms with Crippen molar-refractivity contribution < 1.29 is 69.6 Å². The van der Waals surface area contributed by atoms with E-state index in [9.17, 15) is 0 Å². The van der Waals surface area contributed by atoms with Gasteiger partial charge in [0, 0.05) is 12.8 Å². The van der Waals surface area contributed by atoms with Gasteiger partial charge in [-0.1, -0.05) is 12.2 Å². The molecule has 0 saturated carbocycles. The van der Waals surface area contributed by atoms with Crippen molar-refractivity contribution >= 4 is 0 Å². The maximum Gasteiger partial charge on any atom is 0.111 e. The van der Waals surface area contributed by atoms with Crippen LogP contribution in [-0.4, -0.2) is 164 Å². The summed E-state index contributed by atoms with van der Waals surface area (Å²) in [5.74, 6) is 0. The molecule has 14 nitrogen and oxygen atoms in total. The zero-order valence-electron chi connectivity index (χ0n) is 26.7. The van der Waals surface area contributed by atoms with Crippen LogP contribution in [0.15, 0.2) is 12.2 Å². The van der Waals surface area contributed by atoms with Gasteiger partial charge in [-0.15, -0.1) is 0 Å². The van der Waals surface area contributed by atoms with Gasteiger partial charge in [-0.05, 0) is 47.5 Å². The van der Waals surface area contributed by atoms with Gasteiger partial charge < -0.3 is 69.6 Å². The molecule has 0 aromatic carbocycles. The maximum atomic E-state index is 9.09. The van der Waals surface area contributed by atoms with Crippen LogP contribution in [0.25, 0.3) is 0 Å². The summed E-state index contributed by atoms with van der Waals surface area (Å²) in [6.45, 7) is 9.32. The SMILES string of the molecule is CC1C=CC(CO)O1.CC1CCC(CO)O1.CC1OC(CO)C(O)C1O.CC1OC(CO)CC1O.CC1OC(CO)CC1O. The second-order valence-electron chi connectivity index (χ2n) is 11.7. The molecule has 44 heavy (non-hydrogen) atoms. The molecule has 5 aliphatic heterocycles. The van der Waals surface area contributed by atoms with Crippen molar-refractivity contribution in [3.05, 3.63) is 12.2 Å². The molecule has 0 aromatic rings. The third kappa shape index (κ3) is 14.7. The van der Waals surface area contributed by atoms with Crippen LogP contribution < -0.4 is 0 Å². The topological polar surface area (TPSA) is 228 Å². The molecule has 0 aromatic heterocycles. The number of hydrogen-bond acceptors (Lipinski definition) is 14. The molecule has 0 amide bonds. The molecule has 5 aliphatic rings. The Morgan fingerprint density at radius 2 is 1.05 bits per heavy atom. The van der Waals surface area contributed by atoms with Crippen molar-refractivity contribution in [1.29, 1.82) is 0 Å². The molecule has 5 heterocycles. The van der Waals surface area contributed by atoms with Crippen LogP contribution in [0, 0.1) is 0 Å². The summed E-state index contributed by atoms with van der Waals surface area (Å²) in [4.78, 5) is 0. The first-order chi connectivity index (χ1) is 20.8. The van der Waals surface area contributed by atoms with E-state index in [0.717, 1.165) is 12.8 Å². The van der Waals surface area contributed by atoms with Crippen LogP contribution >= 0.6 is 0 Å². The van der Waals surface area contributed by atoms with Gasteiger partial charge in [0.1, 0.15) is 18.3 Å². The lowest BCUT2D eigenvalue weighted by Crippen LogP contribution is -2.33. The minimum atomic E-state index is -0.944. The Morgan fingerprint density at radius 1 is 0.523 bits per heavy atom. The molecule has 14 unspecified atom stereocenters. The molecule has 14 atom stereocenters. The van der Waals surface area contributed by atoms with Crippen molar-refractivity contribution in [1.82, 2.24) is 0 Å². The Balaban J connectivity index is 0.000000276. The highest BCUT2D eigenvalue weighted by atomic mass is 16.6. The fourth-order valence-corrected chi connectivity index (χ4v) is 4.91. The number of rotatable bonds is 5. The minimum absolute atomic E-state index is 0.0153. The van der Waals surface area contributed by atoms with E-state index in [0.29, 0.717) is 18.9 Å². The molecular formula is C30H58O14. The first-order valence-electron chi connectivity index (χ1n) is 15.5. The number of aliphatic hydroxyl groups excluding tert-OH is 9. The standard InChI is InChI=1S/C6H12O4.2C6H12O3.C6H12O2.C6H10O2/c1-3-5(8)6(9)4(2-7)10-3;2*1-4-6(8)2-5(3-7)9-4;2*1-5-2-3-6(4-7)8-5/h3-9H,2H2,1H3;2*4-8H,2-3H2,1H3;5-7H,2-4H2,1H3;2-3,5-7H,4H2,1H3. The van der Waals surface area contributed by atoms with Crippen LogP contribution in [0.1, 0.15) is 60.3 Å². The van der Waals surface area contributed by atoms with Crippen LogP contribution in [0.5, 0.6) is 0 Å². The van der Waals surface area contributed by atoms with Crippen molar-refractivity contribution in [3.63, 3.8) is 0 Å². The number of aliphatic hydroxyl groups is 9. The van der Waals surface area contributed by atoms with E-state index in [-0.39, 0.29) is 94.1 Å². The monoisotopic (exact) mass is 642 g/mol. The van der Waals surface area contributed by atoms with E-state index in [4.69, 9.17) is 69.6 Å². The predicted octanol–water partition coefficient (Wildman–Crippen LogP) is -1.61. The van der Waals surface area contributed by atoms with Gasteiger partial charge in [0.15, 0.2) is 0 Å². The zero-order valence-corrected chi connectivity index (χ0v) is 26.7. The molecule has 14 heteroatoms. The smallest absolute Gasteiger partial charge is 0.111 e. The normalized spacial score (nSPS) is 42.3. The zero-order chi connectivity index (χ0) is 33.4. The Hall–Kier alpha value is -0.820. The van der Waals surface area contributed by atoms with Gasteiger partial charge in [-0.3, -0.25) is 0 Å². The summed E-state index contributed by atoms with van der Waals surface area (Å²) in [5, 5.41) is 79.1. The second kappa shape index (κ2) is 21.9. The molecule has 9 N–H and O–H groups in total. The van der Waals surface area contributed by atoms with E-state index < -0.39 is 18.3 Å². The fourth-order valence-electron chi connectivity index (χ4n) is 4.91.